The van der Waals surface area contributed by atoms with Crippen molar-refractivity contribution in [1.29, 1.82) is 0 Å². The fourth-order valence-electron chi connectivity index (χ4n) is 2.23. The van der Waals surface area contributed by atoms with Gasteiger partial charge in [0.25, 0.3) is 10.0 Å². The molecular weight excluding hydrogens is 272 g/mol. The number of nitrogens with zero attached hydrogens (tertiary/aromatic N) is 1. The second-order valence-electron chi connectivity index (χ2n) is 4.67. The molecule has 1 N–H and O–H groups in total. The summed E-state index contributed by atoms with van der Waals surface area (Å²) in [6.07, 6.45) is 0. The molecule has 1 aliphatic heterocycles. The normalized spacial score (nSPS) is 19.4. The summed E-state index contributed by atoms with van der Waals surface area (Å²) in [5.74, 6) is 0.414. The molecule has 1 heterocycles. The van der Waals surface area contributed by atoms with Crippen LogP contribution in [0.2, 0.25) is 0 Å². The number of sulfonamides is 1. The summed E-state index contributed by atoms with van der Waals surface area (Å²) in [6, 6.07) is 16.5. The van der Waals surface area contributed by atoms with Crippen molar-refractivity contribution in [2.24, 2.45) is 4.99 Å². The molecule has 0 aromatic heterocycles. The number of nitrogens with one attached hydrogen (secondary N) is 1. The monoisotopic (exact) mass is 286 g/mol. The fraction of sp³-hybridized carbons (Fsp3) is 0.133. The van der Waals surface area contributed by atoms with E-state index < -0.39 is 10.0 Å². The molecule has 1 atom stereocenters. The van der Waals surface area contributed by atoms with Gasteiger partial charge in [-0.3, -0.25) is 9.71 Å². The summed E-state index contributed by atoms with van der Waals surface area (Å²) < 4.78 is 26.5. The van der Waals surface area contributed by atoms with E-state index >= 15 is 0 Å². The molecule has 0 bridgehead atoms. The lowest BCUT2D eigenvalue weighted by Gasteiger charge is -2.08. The van der Waals surface area contributed by atoms with Gasteiger partial charge in [-0.25, -0.2) is 8.42 Å². The first kappa shape index (κ1) is 12.9. The van der Waals surface area contributed by atoms with Gasteiger partial charge in [0, 0.05) is 5.56 Å². The van der Waals surface area contributed by atoms with Gasteiger partial charge in [-0.2, -0.15) is 0 Å². The number of amidine groups is 1. The van der Waals surface area contributed by atoms with E-state index in [9.17, 15) is 8.42 Å². The van der Waals surface area contributed by atoms with Crippen LogP contribution >= 0.6 is 0 Å². The Morgan fingerprint density at radius 1 is 1.00 bits per heavy atom. The van der Waals surface area contributed by atoms with Crippen molar-refractivity contribution >= 4 is 15.9 Å². The van der Waals surface area contributed by atoms with Gasteiger partial charge < -0.3 is 0 Å². The van der Waals surface area contributed by atoms with E-state index in [-0.39, 0.29) is 6.04 Å². The maximum Gasteiger partial charge on any atom is 0.263 e. The van der Waals surface area contributed by atoms with Crippen molar-refractivity contribution in [3.8, 4) is 0 Å². The summed E-state index contributed by atoms with van der Waals surface area (Å²) in [5, 5.41) is 0. The average molecular weight is 286 g/mol. The predicted octanol–water partition coefficient (Wildman–Crippen LogP) is 2.49. The third-order valence-corrected chi connectivity index (χ3v) is 4.66. The Hall–Kier alpha value is -2.14. The van der Waals surface area contributed by atoms with Crippen LogP contribution in [-0.4, -0.2) is 14.3 Å². The molecule has 0 aliphatic carbocycles. The molecule has 4 nitrogen and oxygen atoms in total. The second kappa shape index (κ2) is 4.76. The summed E-state index contributed by atoms with van der Waals surface area (Å²) in [4.78, 5) is 4.80. The summed E-state index contributed by atoms with van der Waals surface area (Å²) in [5.41, 5.74) is 1.68. The highest BCUT2D eigenvalue weighted by atomic mass is 32.2. The van der Waals surface area contributed by atoms with Crippen LogP contribution in [0.25, 0.3) is 0 Å². The topological polar surface area (TPSA) is 58.5 Å². The van der Waals surface area contributed by atoms with E-state index in [0.29, 0.717) is 16.3 Å². The van der Waals surface area contributed by atoms with Crippen molar-refractivity contribution in [3.63, 3.8) is 0 Å². The summed E-state index contributed by atoms with van der Waals surface area (Å²) in [6.45, 7) is 1.94. The largest absolute Gasteiger partial charge is 0.263 e. The number of hydrogen-bond acceptors (Lipinski definition) is 3. The van der Waals surface area contributed by atoms with Gasteiger partial charge in [0.2, 0.25) is 0 Å². The third-order valence-electron chi connectivity index (χ3n) is 3.27. The van der Waals surface area contributed by atoms with Crippen LogP contribution in [0, 0.1) is 0 Å². The van der Waals surface area contributed by atoms with Gasteiger partial charge in [0.05, 0.1) is 10.9 Å². The van der Waals surface area contributed by atoms with Gasteiger partial charge >= 0.3 is 0 Å². The molecule has 102 valence electrons. The van der Waals surface area contributed by atoms with Crippen molar-refractivity contribution in [2.45, 2.75) is 17.9 Å². The maximum absolute atomic E-state index is 12.0. The Labute approximate surface area is 118 Å². The first-order valence-electron chi connectivity index (χ1n) is 6.33. The predicted molar refractivity (Wildman–Crippen MR) is 78.2 cm³/mol. The van der Waals surface area contributed by atoms with Crippen LogP contribution in [0.3, 0.4) is 0 Å². The zero-order valence-corrected chi connectivity index (χ0v) is 11.8. The summed E-state index contributed by atoms with van der Waals surface area (Å²) in [7, 11) is -3.46. The molecule has 0 fully saturated rings. The molecule has 0 saturated carbocycles. The minimum atomic E-state index is -3.46. The Morgan fingerprint density at radius 3 is 2.40 bits per heavy atom. The lowest BCUT2D eigenvalue weighted by atomic mass is 10.1. The highest BCUT2D eigenvalue weighted by molar-refractivity contribution is 7.90. The van der Waals surface area contributed by atoms with Gasteiger partial charge in [-0.15, -0.1) is 0 Å². The van der Waals surface area contributed by atoms with Gasteiger partial charge in [0.1, 0.15) is 5.84 Å². The SMILES string of the molecule is C[C@@H](N=C1NS(=O)(=O)c2ccccc21)c1ccccc1. The van der Waals surface area contributed by atoms with Crippen molar-refractivity contribution in [2.75, 3.05) is 0 Å². The van der Waals surface area contributed by atoms with Gasteiger partial charge in [0.15, 0.2) is 0 Å². The molecule has 2 aromatic rings. The van der Waals surface area contributed by atoms with Crippen LogP contribution in [0.15, 0.2) is 64.5 Å². The first-order valence-corrected chi connectivity index (χ1v) is 7.81. The fourth-order valence-corrected chi connectivity index (χ4v) is 3.47. The number of rotatable bonds is 2. The van der Waals surface area contributed by atoms with E-state index in [1.54, 1.807) is 18.2 Å². The van der Waals surface area contributed by atoms with Crippen LogP contribution in [0.5, 0.6) is 0 Å². The minimum Gasteiger partial charge on any atom is -0.263 e. The Morgan fingerprint density at radius 2 is 1.65 bits per heavy atom. The molecule has 0 unspecified atom stereocenters. The Bertz CT molecular complexity index is 767. The Balaban J connectivity index is 2.03. The zero-order valence-electron chi connectivity index (χ0n) is 10.9. The van der Waals surface area contributed by atoms with Crippen LogP contribution in [0.1, 0.15) is 24.1 Å². The highest BCUT2D eigenvalue weighted by Crippen LogP contribution is 2.25. The van der Waals surface area contributed by atoms with E-state index in [1.807, 2.05) is 43.3 Å². The minimum absolute atomic E-state index is 0.111. The first-order chi connectivity index (χ1) is 9.58. The number of fused-ring (bicyclic) bond motifs is 1. The molecule has 0 spiro atoms. The van der Waals surface area contributed by atoms with Crippen LogP contribution < -0.4 is 4.72 Å². The molecule has 0 amide bonds. The van der Waals surface area contributed by atoms with E-state index in [2.05, 4.69) is 9.71 Å². The molecular formula is C15H14N2O2S. The number of benzene rings is 2. The van der Waals surface area contributed by atoms with Crippen LogP contribution in [0.4, 0.5) is 0 Å². The molecule has 0 radical (unpaired) electrons. The molecule has 2 aromatic carbocycles. The second-order valence-corrected chi connectivity index (χ2v) is 6.32. The molecule has 3 rings (SSSR count). The maximum atomic E-state index is 12.0. The Kier molecular flexibility index (Phi) is 3.06. The van der Waals surface area contributed by atoms with Crippen molar-refractivity contribution in [3.05, 3.63) is 65.7 Å². The number of hydrogen-bond donors (Lipinski definition) is 1. The lowest BCUT2D eigenvalue weighted by Crippen LogP contribution is -2.22. The smallest absolute Gasteiger partial charge is 0.263 e. The molecule has 0 saturated heterocycles. The molecule has 20 heavy (non-hydrogen) atoms. The van der Waals surface area contributed by atoms with Crippen molar-refractivity contribution in [1.82, 2.24) is 4.72 Å². The van der Waals surface area contributed by atoms with E-state index in [0.717, 1.165) is 5.56 Å². The van der Waals surface area contributed by atoms with Crippen LogP contribution in [-0.2, 0) is 10.0 Å². The highest BCUT2D eigenvalue weighted by Gasteiger charge is 2.30. The quantitative estimate of drug-likeness (QED) is 0.922. The average Bonchev–Trinajstić information content (AvgIpc) is 2.72. The lowest BCUT2D eigenvalue weighted by molar-refractivity contribution is 0.595. The third kappa shape index (κ3) is 2.20. The van der Waals surface area contributed by atoms with E-state index in [4.69, 9.17) is 0 Å². The number of aliphatic imine (C=N–C) groups is 1. The van der Waals surface area contributed by atoms with Crippen molar-refractivity contribution < 1.29 is 8.42 Å². The molecule has 5 heteroatoms. The van der Waals surface area contributed by atoms with Gasteiger partial charge in [-0.1, -0.05) is 42.5 Å². The van der Waals surface area contributed by atoms with E-state index in [1.165, 1.54) is 0 Å². The molecule has 1 aliphatic rings. The zero-order chi connectivity index (χ0) is 14.2. The van der Waals surface area contributed by atoms with Gasteiger partial charge in [-0.05, 0) is 24.6 Å². The standard InChI is InChI=1S/C15H14N2O2S/c1-11(12-7-3-2-4-8-12)16-15-13-9-5-6-10-14(13)20(18,19)17-15/h2-11H,1H3,(H,16,17)/t11-/m1/s1. The summed E-state index contributed by atoms with van der Waals surface area (Å²) >= 11 is 0.